The lowest BCUT2D eigenvalue weighted by molar-refractivity contribution is -0.121. The van der Waals surface area contributed by atoms with Gasteiger partial charge in [-0.05, 0) is 20.3 Å². The summed E-state index contributed by atoms with van der Waals surface area (Å²) in [6.07, 6.45) is 1.12. The molecule has 0 aromatic carbocycles. The third-order valence-electron chi connectivity index (χ3n) is 3.23. The average Bonchev–Trinajstić information content (AvgIpc) is 2.81. The van der Waals surface area contributed by atoms with Crippen molar-refractivity contribution in [1.82, 2.24) is 14.9 Å². The quantitative estimate of drug-likeness (QED) is 0.604. The van der Waals surface area contributed by atoms with Gasteiger partial charge in [0.05, 0.1) is 6.04 Å². The van der Waals surface area contributed by atoms with Gasteiger partial charge in [-0.1, -0.05) is 11.8 Å². The normalized spacial score (nSPS) is 16.8. The molecule has 0 radical (unpaired) electrons. The highest BCUT2D eigenvalue weighted by Crippen LogP contribution is 2.31. The molecule has 2 rings (SSSR count). The predicted octanol–water partition coefficient (Wildman–Crippen LogP) is 1.13. The number of ether oxygens (including phenoxy) is 1. The Kier molecular flexibility index (Phi) is 5.81. The Morgan fingerprint density at radius 2 is 2.43 bits per heavy atom. The summed E-state index contributed by atoms with van der Waals surface area (Å²) < 4.78 is 6.85. The zero-order chi connectivity index (χ0) is 15.2. The van der Waals surface area contributed by atoms with Crippen LogP contribution in [0.2, 0.25) is 0 Å². The summed E-state index contributed by atoms with van der Waals surface area (Å²) in [5.74, 6) is 0.690. The second-order valence-electron chi connectivity index (χ2n) is 4.96. The first-order chi connectivity index (χ1) is 10.1. The van der Waals surface area contributed by atoms with E-state index in [-0.39, 0.29) is 17.5 Å². The molecule has 1 amide bonds. The number of amides is 1. The molecule has 1 atom stereocenters. The van der Waals surface area contributed by atoms with Crippen molar-refractivity contribution in [2.45, 2.75) is 37.9 Å². The van der Waals surface area contributed by atoms with Crippen molar-refractivity contribution in [3.63, 3.8) is 0 Å². The van der Waals surface area contributed by atoms with Crippen LogP contribution in [0.25, 0.3) is 0 Å². The van der Waals surface area contributed by atoms with Crippen molar-refractivity contribution in [1.29, 1.82) is 0 Å². The molecule has 0 bridgehead atoms. The minimum atomic E-state index is -0.0995. The Morgan fingerprint density at radius 3 is 3.19 bits per heavy atom. The first kappa shape index (κ1) is 16.0. The predicted molar refractivity (Wildman–Crippen MR) is 81.7 cm³/mol. The maximum Gasteiger partial charge on any atom is 0.254 e. The van der Waals surface area contributed by atoms with E-state index in [1.54, 1.807) is 11.5 Å². The van der Waals surface area contributed by atoms with E-state index in [2.05, 4.69) is 10.3 Å². The van der Waals surface area contributed by atoms with E-state index in [9.17, 15) is 9.59 Å². The van der Waals surface area contributed by atoms with Crippen LogP contribution in [0.1, 0.15) is 31.5 Å². The van der Waals surface area contributed by atoms with Crippen LogP contribution in [0.4, 0.5) is 0 Å². The highest BCUT2D eigenvalue weighted by Gasteiger charge is 2.27. The zero-order valence-corrected chi connectivity index (χ0v) is 13.2. The maximum atomic E-state index is 12.0. The molecule has 1 aliphatic rings. The van der Waals surface area contributed by atoms with Gasteiger partial charge in [0.15, 0.2) is 5.16 Å². The molecule has 2 heterocycles. The molecule has 7 heteroatoms. The lowest BCUT2D eigenvalue weighted by Crippen LogP contribution is -2.31. The molecule has 0 fully saturated rings. The van der Waals surface area contributed by atoms with Crippen LogP contribution in [-0.4, -0.2) is 41.0 Å². The van der Waals surface area contributed by atoms with E-state index >= 15 is 0 Å². The van der Waals surface area contributed by atoms with E-state index in [0.29, 0.717) is 31.3 Å². The number of rotatable bonds is 7. The Hall–Kier alpha value is -1.34. The van der Waals surface area contributed by atoms with Gasteiger partial charge in [0.2, 0.25) is 5.91 Å². The first-order valence-electron chi connectivity index (χ1n) is 7.19. The van der Waals surface area contributed by atoms with Gasteiger partial charge in [-0.25, -0.2) is 4.98 Å². The fraction of sp³-hybridized carbons (Fsp3) is 0.643. The summed E-state index contributed by atoms with van der Waals surface area (Å²) >= 11 is 1.53. The van der Waals surface area contributed by atoms with Crippen LogP contribution in [0.3, 0.4) is 0 Å². The maximum absolute atomic E-state index is 12.0. The molecule has 0 spiro atoms. The Balaban J connectivity index is 1.86. The monoisotopic (exact) mass is 311 g/mol. The van der Waals surface area contributed by atoms with Gasteiger partial charge >= 0.3 is 0 Å². The number of carbonyl (C=O) groups is 1. The highest BCUT2D eigenvalue weighted by molar-refractivity contribution is 7.99. The van der Waals surface area contributed by atoms with Gasteiger partial charge in [-0.2, -0.15) is 0 Å². The third-order valence-corrected chi connectivity index (χ3v) is 4.33. The van der Waals surface area contributed by atoms with Gasteiger partial charge < -0.3 is 10.1 Å². The molecule has 0 aliphatic carbocycles. The largest absolute Gasteiger partial charge is 0.382 e. The molecule has 1 N–H and O–H groups in total. The summed E-state index contributed by atoms with van der Waals surface area (Å²) in [7, 11) is 0. The van der Waals surface area contributed by atoms with Gasteiger partial charge in [0.25, 0.3) is 5.56 Å². The Bertz CT molecular complexity index is 559. The van der Waals surface area contributed by atoms with Crippen molar-refractivity contribution >= 4 is 17.7 Å². The van der Waals surface area contributed by atoms with Gasteiger partial charge in [0.1, 0.15) is 0 Å². The molecule has 1 unspecified atom stereocenters. The van der Waals surface area contributed by atoms with Crippen molar-refractivity contribution in [2.75, 3.05) is 25.5 Å². The standard InChI is InChI=1S/C14H21N3O3S/c1-3-20-6-4-5-15-12(18)8-11-9-21-14-16-10(2)7-13(19)17(11)14/h7,11H,3-6,8-9H2,1-2H3,(H,15,18). The van der Waals surface area contributed by atoms with E-state index in [0.717, 1.165) is 17.9 Å². The number of fused-ring (bicyclic) bond motifs is 1. The second-order valence-corrected chi connectivity index (χ2v) is 5.94. The fourth-order valence-electron chi connectivity index (χ4n) is 2.25. The van der Waals surface area contributed by atoms with Crippen molar-refractivity contribution < 1.29 is 9.53 Å². The molecule has 1 aliphatic heterocycles. The SMILES string of the molecule is CCOCCCNC(=O)CC1CSc2nc(C)cc(=O)n21. The van der Waals surface area contributed by atoms with Crippen molar-refractivity contribution in [3.05, 3.63) is 22.1 Å². The number of nitrogens with one attached hydrogen (secondary N) is 1. The highest BCUT2D eigenvalue weighted by atomic mass is 32.2. The summed E-state index contributed by atoms with van der Waals surface area (Å²) in [5.41, 5.74) is 0.649. The van der Waals surface area contributed by atoms with Gasteiger partial charge in [0, 0.05) is 43.7 Å². The number of hydrogen-bond donors (Lipinski definition) is 1. The van der Waals surface area contributed by atoms with Crippen LogP contribution in [0.15, 0.2) is 16.0 Å². The summed E-state index contributed by atoms with van der Waals surface area (Å²) in [4.78, 5) is 28.3. The van der Waals surface area contributed by atoms with Crippen molar-refractivity contribution in [2.24, 2.45) is 0 Å². The summed E-state index contributed by atoms with van der Waals surface area (Å²) in [6, 6.07) is 1.42. The van der Waals surface area contributed by atoms with Crippen LogP contribution in [0, 0.1) is 6.92 Å². The lowest BCUT2D eigenvalue weighted by atomic mass is 10.2. The summed E-state index contributed by atoms with van der Waals surface area (Å²) in [5, 5.41) is 3.58. The van der Waals surface area contributed by atoms with E-state index in [1.807, 2.05) is 6.92 Å². The van der Waals surface area contributed by atoms with Crippen LogP contribution < -0.4 is 10.9 Å². The van der Waals surface area contributed by atoms with Crippen molar-refractivity contribution in [3.8, 4) is 0 Å². The number of aromatic nitrogens is 2. The minimum Gasteiger partial charge on any atom is -0.382 e. The van der Waals surface area contributed by atoms with Gasteiger partial charge in [-0.15, -0.1) is 0 Å². The topological polar surface area (TPSA) is 73.2 Å². The van der Waals surface area contributed by atoms with Gasteiger partial charge in [-0.3, -0.25) is 14.2 Å². The van der Waals surface area contributed by atoms with Crippen LogP contribution >= 0.6 is 11.8 Å². The number of carbonyl (C=O) groups excluding carboxylic acids is 1. The molecule has 1 aromatic heterocycles. The minimum absolute atomic E-state index is 0.0302. The molecular formula is C14H21N3O3S. The number of thioether (sulfide) groups is 1. The second kappa shape index (κ2) is 7.61. The third kappa shape index (κ3) is 4.31. The summed E-state index contributed by atoms with van der Waals surface area (Å²) in [6.45, 7) is 5.70. The molecule has 0 saturated heterocycles. The molecule has 116 valence electrons. The molecule has 1 aromatic rings. The smallest absolute Gasteiger partial charge is 0.254 e. The molecular weight excluding hydrogens is 290 g/mol. The average molecular weight is 311 g/mol. The first-order valence-corrected chi connectivity index (χ1v) is 8.17. The van der Waals surface area contributed by atoms with Crippen LogP contribution in [-0.2, 0) is 9.53 Å². The lowest BCUT2D eigenvalue weighted by Gasteiger charge is -2.13. The molecule has 0 saturated carbocycles. The number of aryl methyl sites for hydroxylation is 1. The molecule has 6 nitrogen and oxygen atoms in total. The fourth-order valence-corrected chi connectivity index (χ4v) is 3.44. The van der Waals surface area contributed by atoms with E-state index < -0.39 is 0 Å². The van der Waals surface area contributed by atoms with Crippen LogP contribution in [0.5, 0.6) is 0 Å². The molecule has 21 heavy (non-hydrogen) atoms. The number of hydrogen-bond acceptors (Lipinski definition) is 5. The van der Waals surface area contributed by atoms with E-state index in [1.165, 1.54) is 17.8 Å². The Labute approximate surface area is 128 Å². The Morgan fingerprint density at radius 1 is 1.62 bits per heavy atom. The number of nitrogens with zero attached hydrogens (tertiary/aromatic N) is 2. The zero-order valence-electron chi connectivity index (χ0n) is 12.4. The van der Waals surface area contributed by atoms with E-state index in [4.69, 9.17) is 4.74 Å².